The molecule has 0 saturated carbocycles. The number of carboxylic acid groups (broad SMARTS) is 1. The van der Waals surface area contributed by atoms with Crippen LogP contribution in [0.3, 0.4) is 0 Å². The summed E-state index contributed by atoms with van der Waals surface area (Å²) < 4.78 is 0. The molecule has 2 atom stereocenters. The first-order valence-corrected chi connectivity index (χ1v) is 6.90. The number of carbonyl (C=O) groups is 1. The van der Waals surface area contributed by atoms with E-state index in [1.54, 1.807) is 0 Å². The third-order valence-electron chi connectivity index (χ3n) is 3.80. The summed E-state index contributed by atoms with van der Waals surface area (Å²) in [5, 5.41) is 9.08. The average Bonchev–Trinajstić information content (AvgIpc) is 2.38. The van der Waals surface area contributed by atoms with Crippen LogP contribution in [0.15, 0.2) is 24.3 Å². The van der Waals surface area contributed by atoms with Gasteiger partial charge in [-0.25, -0.2) is 0 Å². The highest BCUT2D eigenvalue weighted by Crippen LogP contribution is 2.25. The van der Waals surface area contributed by atoms with Crippen molar-refractivity contribution in [2.75, 3.05) is 0 Å². The smallest absolute Gasteiger partial charge is 0.306 e. The molecule has 0 aromatic heterocycles. The van der Waals surface area contributed by atoms with Crippen LogP contribution in [0.2, 0.25) is 0 Å². The summed E-state index contributed by atoms with van der Waals surface area (Å²) in [6, 6.07) is 8.42. The van der Waals surface area contributed by atoms with E-state index < -0.39 is 5.97 Å². The van der Waals surface area contributed by atoms with Crippen molar-refractivity contribution in [3.8, 4) is 0 Å². The maximum Gasteiger partial charge on any atom is 0.306 e. The Morgan fingerprint density at radius 3 is 2.44 bits per heavy atom. The van der Waals surface area contributed by atoms with Gasteiger partial charge < -0.3 is 5.11 Å². The minimum Gasteiger partial charge on any atom is -0.481 e. The molecule has 0 spiro atoms. The van der Waals surface area contributed by atoms with Crippen LogP contribution in [0.4, 0.5) is 0 Å². The number of rotatable bonds is 7. The molecule has 2 unspecified atom stereocenters. The molecule has 0 radical (unpaired) electrons. The second-order valence-corrected chi connectivity index (χ2v) is 4.99. The molecule has 0 aliphatic rings. The monoisotopic (exact) mass is 248 g/mol. The summed E-state index contributed by atoms with van der Waals surface area (Å²) >= 11 is 0. The molecule has 0 heterocycles. The zero-order valence-electron chi connectivity index (χ0n) is 11.6. The Labute approximate surface area is 110 Å². The standard InChI is InChI=1S/C16H24O2/c1-4-12(3)15-9-7-6-8-14(15)11-10-13(5-2)16(17)18/h6-9,12-13H,4-5,10-11H2,1-3H3,(H,17,18). The zero-order chi connectivity index (χ0) is 13.5. The largest absolute Gasteiger partial charge is 0.481 e. The van der Waals surface area contributed by atoms with Gasteiger partial charge in [0, 0.05) is 0 Å². The van der Waals surface area contributed by atoms with E-state index in [-0.39, 0.29) is 5.92 Å². The van der Waals surface area contributed by atoms with Gasteiger partial charge in [-0.2, -0.15) is 0 Å². The average molecular weight is 248 g/mol. The van der Waals surface area contributed by atoms with Crippen LogP contribution in [-0.4, -0.2) is 11.1 Å². The van der Waals surface area contributed by atoms with E-state index >= 15 is 0 Å². The van der Waals surface area contributed by atoms with Crippen LogP contribution in [-0.2, 0) is 11.2 Å². The van der Waals surface area contributed by atoms with Gasteiger partial charge in [-0.15, -0.1) is 0 Å². The van der Waals surface area contributed by atoms with Crippen molar-refractivity contribution >= 4 is 5.97 Å². The van der Waals surface area contributed by atoms with Gasteiger partial charge in [0.05, 0.1) is 5.92 Å². The van der Waals surface area contributed by atoms with Gasteiger partial charge in [0.25, 0.3) is 0 Å². The lowest BCUT2D eigenvalue weighted by atomic mass is 9.89. The Kier molecular flexibility index (Phi) is 5.90. The van der Waals surface area contributed by atoms with Crippen molar-refractivity contribution in [2.45, 2.75) is 52.4 Å². The van der Waals surface area contributed by atoms with Crippen LogP contribution in [0.25, 0.3) is 0 Å². The second kappa shape index (κ2) is 7.20. The Bertz CT molecular complexity index is 384. The summed E-state index contributed by atoms with van der Waals surface area (Å²) in [5.41, 5.74) is 2.69. The lowest BCUT2D eigenvalue weighted by Gasteiger charge is -2.16. The number of benzene rings is 1. The predicted octanol–water partition coefficient (Wildman–Crippen LogP) is 4.24. The van der Waals surface area contributed by atoms with Crippen molar-refractivity contribution in [2.24, 2.45) is 5.92 Å². The van der Waals surface area contributed by atoms with Gasteiger partial charge in [0.1, 0.15) is 0 Å². The summed E-state index contributed by atoms with van der Waals surface area (Å²) in [4.78, 5) is 11.0. The maximum absolute atomic E-state index is 11.0. The number of hydrogen-bond donors (Lipinski definition) is 1. The Morgan fingerprint density at radius 1 is 1.22 bits per heavy atom. The normalized spacial score (nSPS) is 14.2. The highest BCUT2D eigenvalue weighted by atomic mass is 16.4. The van der Waals surface area contributed by atoms with E-state index in [2.05, 4.69) is 32.0 Å². The lowest BCUT2D eigenvalue weighted by Crippen LogP contribution is -2.14. The van der Waals surface area contributed by atoms with Crippen LogP contribution in [0.5, 0.6) is 0 Å². The third kappa shape index (κ3) is 3.86. The Hall–Kier alpha value is -1.31. The molecule has 100 valence electrons. The topological polar surface area (TPSA) is 37.3 Å². The first-order chi connectivity index (χ1) is 8.60. The summed E-state index contributed by atoms with van der Waals surface area (Å²) in [7, 11) is 0. The molecule has 0 amide bonds. The maximum atomic E-state index is 11.0. The molecule has 1 N–H and O–H groups in total. The van der Waals surface area contributed by atoms with E-state index in [1.807, 2.05) is 13.0 Å². The fraction of sp³-hybridized carbons (Fsp3) is 0.562. The first kappa shape index (κ1) is 14.7. The molecule has 0 aliphatic carbocycles. The fourth-order valence-corrected chi connectivity index (χ4v) is 2.29. The van der Waals surface area contributed by atoms with Crippen molar-refractivity contribution in [3.63, 3.8) is 0 Å². The van der Waals surface area contributed by atoms with E-state index in [4.69, 9.17) is 5.11 Å². The molecule has 2 nitrogen and oxygen atoms in total. The molecule has 0 bridgehead atoms. The number of carboxylic acids is 1. The molecule has 0 aliphatic heterocycles. The van der Waals surface area contributed by atoms with Crippen LogP contribution in [0, 0.1) is 5.92 Å². The lowest BCUT2D eigenvalue weighted by molar-refractivity contribution is -0.142. The van der Waals surface area contributed by atoms with Crippen LogP contribution >= 0.6 is 0 Å². The number of aryl methyl sites for hydroxylation is 1. The third-order valence-corrected chi connectivity index (χ3v) is 3.80. The quantitative estimate of drug-likeness (QED) is 0.783. The fourth-order valence-electron chi connectivity index (χ4n) is 2.29. The van der Waals surface area contributed by atoms with E-state index in [1.165, 1.54) is 11.1 Å². The van der Waals surface area contributed by atoms with Gasteiger partial charge >= 0.3 is 5.97 Å². The highest BCUT2D eigenvalue weighted by molar-refractivity contribution is 5.69. The molecule has 18 heavy (non-hydrogen) atoms. The summed E-state index contributed by atoms with van der Waals surface area (Å²) in [5.74, 6) is -0.334. The number of hydrogen-bond acceptors (Lipinski definition) is 1. The van der Waals surface area contributed by atoms with Gasteiger partial charge in [-0.05, 0) is 42.7 Å². The second-order valence-electron chi connectivity index (χ2n) is 4.99. The molecule has 0 saturated heterocycles. The van der Waals surface area contributed by atoms with Crippen molar-refractivity contribution in [3.05, 3.63) is 35.4 Å². The minimum absolute atomic E-state index is 0.213. The molecule has 1 rings (SSSR count). The Balaban J connectivity index is 2.75. The van der Waals surface area contributed by atoms with Crippen molar-refractivity contribution in [1.29, 1.82) is 0 Å². The predicted molar refractivity (Wildman–Crippen MR) is 74.9 cm³/mol. The first-order valence-electron chi connectivity index (χ1n) is 6.90. The van der Waals surface area contributed by atoms with E-state index in [0.29, 0.717) is 12.3 Å². The molecular formula is C16H24O2. The van der Waals surface area contributed by atoms with Crippen molar-refractivity contribution < 1.29 is 9.90 Å². The van der Waals surface area contributed by atoms with Crippen molar-refractivity contribution in [1.82, 2.24) is 0 Å². The van der Waals surface area contributed by atoms with Gasteiger partial charge in [0.15, 0.2) is 0 Å². The van der Waals surface area contributed by atoms with E-state index in [9.17, 15) is 4.79 Å². The SMILES string of the molecule is CCC(CCc1ccccc1C(C)CC)C(=O)O. The number of aliphatic carboxylic acids is 1. The molecular weight excluding hydrogens is 224 g/mol. The summed E-state index contributed by atoms with van der Waals surface area (Å²) in [6.45, 7) is 6.36. The minimum atomic E-state index is -0.668. The highest BCUT2D eigenvalue weighted by Gasteiger charge is 2.16. The van der Waals surface area contributed by atoms with Crippen LogP contribution < -0.4 is 0 Å². The van der Waals surface area contributed by atoms with Gasteiger partial charge in [-0.3, -0.25) is 4.79 Å². The zero-order valence-corrected chi connectivity index (χ0v) is 11.6. The molecule has 1 aromatic carbocycles. The van der Waals surface area contributed by atoms with Gasteiger partial charge in [-0.1, -0.05) is 45.0 Å². The molecule has 0 fully saturated rings. The molecule has 1 aromatic rings. The molecule has 2 heteroatoms. The van der Waals surface area contributed by atoms with E-state index in [0.717, 1.165) is 19.3 Å². The van der Waals surface area contributed by atoms with Crippen LogP contribution in [0.1, 0.15) is 57.1 Å². The Morgan fingerprint density at radius 2 is 1.89 bits per heavy atom. The van der Waals surface area contributed by atoms with Gasteiger partial charge in [0.2, 0.25) is 0 Å². The summed E-state index contributed by atoms with van der Waals surface area (Å²) in [6.07, 6.45) is 3.43.